The zero-order valence-corrected chi connectivity index (χ0v) is 18.5. The predicted octanol–water partition coefficient (Wildman–Crippen LogP) is 3.77. The lowest BCUT2D eigenvalue weighted by molar-refractivity contribution is -0.132. The number of imidazole rings is 1. The number of methoxy groups -OCH3 is 1. The van der Waals surface area contributed by atoms with Gasteiger partial charge in [0.05, 0.1) is 36.4 Å². The Morgan fingerprint density at radius 1 is 1.19 bits per heavy atom. The lowest BCUT2D eigenvalue weighted by Gasteiger charge is -2.27. The molecule has 0 radical (unpaired) electrons. The minimum atomic E-state index is -0.165. The minimum Gasteiger partial charge on any atom is -0.494 e. The Labute approximate surface area is 187 Å². The number of ether oxygens (including phenoxy) is 1. The number of aryl methyl sites for hydroxylation is 2. The van der Waals surface area contributed by atoms with E-state index in [0.29, 0.717) is 11.7 Å². The molecule has 32 heavy (non-hydrogen) atoms. The molecule has 1 N–H and O–H groups in total. The van der Waals surface area contributed by atoms with E-state index in [1.807, 2.05) is 47.0 Å². The first-order chi connectivity index (χ1) is 15.6. The molecule has 0 spiro atoms. The molecule has 8 nitrogen and oxygen atoms in total. The Kier molecular flexibility index (Phi) is 5.51. The van der Waals surface area contributed by atoms with Gasteiger partial charge in [-0.1, -0.05) is 0 Å². The van der Waals surface area contributed by atoms with Gasteiger partial charge in [0.25, 0.3) is 0 Å². The third-order valence-corrected chi connectivity index (χ3v) is 6.31. The summed E-state index contributed by atoms with van der Waals surface area (Å²) in [7, 11) is 1.65. The molecular weight excluding hydrogens is 404 g/mol. The van der Waals surface area contributed by atoms with E-state index in [-0.39, 0.29) is 11.8 Å². The van der Waals surface area contributed by atoms with Crippen molar-refractivity contribution < 1.29 is 9.53 Å². The van der Waals surface area contributed by atoms with E-state index < -0.39 is 0 Å². The van der Waals surface area contributed by atoms with Crippen LogP contribution in [-0.4, -0.2) is 50.5 Å². The molecule has 3 aromatic rings. The van der Waals surface area contributed by atoms with Gasteiger partial charge >= 0.3 is 0 Å². The van der Waals surface area contributed by atoms with Crippen molar-refractivity contribution in [3.63, 3.8) is 0 Å². The van der Waals surface area contributed by atoms with E-state index in [2.05, 4.69) is 15.3 Å². The molecule has 5 rings (SSSR count). The number of aromatic nitrogens is 4. The predicted molar refractivity (Wildman–Crippen MR) is 122 cm³/mol. The highest BCUT2D eigenvalue weighted by Crippen LogP contribution is 2.34. The summed E-state index contributed by atoms with van der Waals surface area (Å²) in [5, 5.41) is 3.29. The quantitative estimate of drug-likeness (QED) is 0.661. The van der Waals surface area contributed by atoms with Crippen LogP contribution >= 0.6 is 0 Å². The van der Waals surface area contributed by atoms with Gasteiger partial charge in [-0.2, -0.15) is 0 Å². The van der Waals surface area contributed by atoms with Gasteiger partial charge < -0.3 is 19.5 Å². The normalized spacial score (nSPS) is 17.8. The number of anilines is 2. The fourth-order valence-electron chi connectivity index (χ4n) is 4.66. The molecule has 1 unspecified atom stereocenters. The van der Waals surface area contributed by atoms with Crippen LogP contribution in [0.1, 0.15) is 48.6 Å². The standard InChI is InChI=1S/C24H28N6O2/c1-16-14-30(15-26-16)20-9-8-18(12-21(20)32-2)27-24-25-13-17-6-5-7-19(22(17)28-24)23(31)29-10-3-4-11-29/h8-9,12-15,19H,3-7,10-11H2,1-2H3,(H,25,27,28). The lowest BCUT2D eigenvalue weighted by atomic mass is 9.86. The summed E-state index contributed by atoms with van der Waals surface area (Å²) >= 11 is 0. The van der Waals surface area contributed by atoms with Gasteiger partial charge in [-0.15, -0.1) is 0 Å². The molecule has 2 aliphatic rings. The number of hydrogen-bond donors (Lipinski definition) is 1. The summed E-state index contributed by atoms with van der Waals surface area (Å²) in [4.78, 5) is 28.7. The van der Waals surface area contributed by atoms with E-state index in [0.717, 1.165) is 73.5 Å². The van der Waals surface area contributed by atoms with Crippen LogP contribution in [0.25, 0.3) is 5.69 Å². The maximum Gasteiger partial charge on any atom is 0.231 e. The van der Waals surface area contributed by atoms with Crippen molar-refractivity contribution in [1.82, 2.24) is 24.4 Å². The summed E-state index contributed by atoms with van der Waals surface area (Å²) in [6.07, 6.45) is 10.6. The summed E-state index contributed by atoms with van der Waals surface area (Å²) in [5.74, 6) is 1.27. The summed E-state index contributed by atoms with van der Waals surface area (Å²) < 4.78 is 7.54. The van der Waals surface area contributed by atoms with Gasteiger partial charge in [0.2, 0.25) is 11.9 Å². The van der Waals surface area contributed by atoms with Crippen molar-refractivity contribution in [2.45, 2.75) is 44.9 Å². The second-order valence-electron chi connectivity index (χ2n) is 8.52. The Morgan fingerprint density at radius 2 is 2.03 bits per heavy atom. The number of hydrogen-bond acceptors (Lipinski definition) is 6. The van der Waals surface area contributed by atoms with Crippen LogP contribution in [0.15, 0.2) is 36.9 Å². The fourth-order valence-corrected chi connectivity index (χ4v) is 4.66. The molecule has 1 aromatic carbocycles. The van der Waals surface area contributed by atoms with Gasteiger partial charge in [-0.3, -0.25) is 4.79 Å². The Morgan fingerprint density at radius 3 is 2.78 bits per heavy atom. The van der Waals surface area contributed by atoms with Crippen LogP contribution in [-0.2, 0) is 11.2 Å². The molecule has 1 aliphatic carbocycles. The van der Waals surface area contributed by atoms with Gasteiger partial charge in [0, 0.05) is 37.2 Å². The first kappa shape index (κ1) is 20.5. The largest absolute Gasteiger partial charge is 0.494 e. The molecule has 2 aromatic heterocycles. The monoisotopic (exact) mass is 432 g/mol. The molecule has 1 atom stereocenters. The summed E-state index contributed by atoms with van der Waals surface area (Å²) in [5.41, 5.74) is 4.63. The topological polar surface area (TPSA) is 85.2 Å². The number of amides is 1. The molecule has 1 amide bonds. The van der Waals surface area contributed by atoms with Crippen molar-refractivity contribution in [3.8, 4) is 11.4 Å². The van der Waals surface area contributed by atoms with Crippen molar-refractivity contribution in [3.05, 3.63) is 53.9 Å². The first-order valence-corrected chi connectivity index (χ1v) is 11.2. The second kappa shape index (κ2) is 8.61. The van der Waals surface area contributed by atoms with Gasteiger partial charge in [-0.25, -0.2) is 15.0 Å². The number of nitrogens with one attached hydrogen (secondary N) is 1. The molecule has 1 saturated heterocycles. The number of likely N-dealkylation sites (tertiary alicyclic amines) is 1. The summed E-state index contributed by atoms with van der Waals surface area (Å²) in [6.45, 7) is 3.68. The van der Waals surface area contributed by atoms with Gasteiger partial charge in [0.15, 0.2) is 0 Å². The molecule has 3 heterocycles. The van der Waals surface area contributed by atoms with E-state index in [9.17, 15) is 4.79 Å². The zero-order valence-electron chi connectivity index (χ0n) is 18.5. The number of carbonyl (C=O) groups is 1. The molecule has 0 saturated carbocycles. The Bertz CT molecular complexity index is 1140. The maximum absolute atomic E-state index is 13.1. The number of nitrogens with zero attached hydrogens (tertiary/aromatic N) is 5. The van der Waals surface area contributed by atoms with Crippen molar-refractivity contribution in [2.24, 2.45) is 0 Å². The van der Waals surface area contributed by atoms with Gasteiger partial charge in [0.1, 0.15) is 5.75 Å². The van der Waals surface area contributed by atoms with Crippen LogP contribution in [0.2, 0.25) is 0 Å². The van der Waals surface area contributed by atoms with Crippen LogP contribution < -0.4 is 10.1 Å². The second-order valence-corrected chi connectivity index (χ2v) is 8.52. The number of rotatable bonds is 5. The highest BCUT2D eigenvalue weighted by molar-refractivity contribution is 5.84. The van der Waals surface area contributed by atoms with Crippen LogP contribution in [0, 0.1) is 6.92 Å². The molecule has 1 fully saturated rings. The van der Waals surface area contributed by atoms with Gasteiger partial charge in [-0.05, 0) is 56.7 Å². The minimum absolute atomic E-state index is 0.165. The molecule has 166 valence electrons. The molecular formula is C24H28N6O2. The van der Waals surface area contributed by atoms with E-state index in [4.69, 9.17) is 9.72 Å². The molecule has 8 heteroatoms. The average molecular weight is 433 g/mol. The molecule has 1 aliphatic heterocycles. The van der Waals surface area contributed by atoms with E-state index >= 15 is 0 Å². The number of carbonyl (C=O) groups excluding carboxylic acids is 1. The molecule has 0 bridgehead atoms. The highest BCUT2D eigenvalue weighted by Gasteiger charge is 2.32. The SMILES string of the molecule is COc1cc(Nc2ncc3c(n2)C(C(=O)N2CCCC2)CCC3)ccc1-n1cnc(C)c1. The third-order valence-electron chi connectivity index (χ3n) is 6.31. The average Bonchev–Trinajstić information content (AvgIpc) is 3.50. The smallest absolute Gasteiger partial charge is 0.231 e. The van der Waals surface area contributed by atoms with Crippen molar-refractivity contribution >= 4 is 17.5 Å². The van der Waals surface area contributed by atoms with Crippen LogP contribution in [0.4, 0.5) is 11.6 Å². The summed E-state index contributed by atoms with van der Waals surface area (Å²) in [6, 6.07) is 5.85. The lowest BCUT2D eigenvalue weighted by Crippen LogP contribution is -2.34. The first-order valence-electron chi connectivity index (χ1n) is 11.2. The van der Waals surface area contributed by atoms with Crippen molar-refractivity contribution in [1.29, 1.82) is 0 Å². The van der Waals surface area contributed by atoms with E-state index in [1.165, 1.54) is 0 Å². The van der Waals surface area contributed by atoms with Crippen LogP contribution in [0.3, 0.4) is 0 Å². The third kappa shape index (κ3) is 3.92. The fraction of sp³-hybridized carbons (Fsp3) is 0.417. The zero-order chi connectivity index (χ0) is 22.1. The highest BCUT2D eigenvalue weighted by atomic mass is 16.5. The number of benzene rings is 1. The van der Waals surface area contributed by atoms with E-state index in [1.54, 1.807) is 13.4 Å². The Balaban J connectivity index is 1.40. The Hall–Kier alpha value is -3.42. The number of fused-ring (bicyclic) bond motifs is 1. The maximum atomic E-state index is 13.1. The van der Waals surface area contributed by atoms with Crippen molar-refractivity contribution in [2.75, 3.05) is 25.5 Å². The van der Waals surface area contributed by atoms with Crippen LogP contribution in [0.5, 0.6) is 5.75 Å².